The predicted octanol–water partition coefficient (Wildman–Crippen LogP) is 0.828. The lowest BCUT2D eigenvalue weighted by molar-refractivity contribution is 0.0657. The predicted molar refractivity (Wildman–Crippen MR) is 109 cm³/mol. The van der Waals surface area contributed by atoms with Gasteiger partial charge in [0.25, 0.3) is 11.8 Å². The van der Waals surface area contributed by atoms with E-state index in [1.165, 1.54) is 12.5 Å². The van der Waals surface area contributed by atoms with Crippen LogP contribution in [0, 0.1) is 0 Å². The molecule has 0 aliphatic carbocycles. The molecule has 0 bridgehead atoms. The molecule has 2 N–H and O–H groups in total. The second-order valence-corrected chi connectivity index (χ2v) is 6.49. The Morgan fingerprint density at radius 2 is 1.93 bits per heavy atom. The number of carbonyl (C=O) groups excluding carboxylic acids is 2. The van der Waals surface area contributed by atoms with Crippen molar-refractivity contribution in [1.82, 2.24) is 25.4 Å². The Balaban J connectivity index is 1.48. The van der Waals surface area contributed by atoms with Crippen LogP contribution in [-0.2, 0) is 0 Å². The van der Waals surface area contributed by atoms with Gasteiger partial charge in [-0.3, -0.25) is 19.6 Å². The third-order valence-corrected chi connectivity index (χ3v) is 4.52. The molecule has 1 aliphatic rings. The molecule has 9 nitrogen and oxygen atoms in total. The van der Waals surface area contributed by atoms with Gasteiger partial charge in [-0.1, -0.05) is 0 Å². The Morgan fingerprint density at radius 1 is 1.14 bits per heavy atom. The summed E-state index contributed by atoms with van der Waals surface area (Å²) >= 11 is 0. The average Bonchev–Trinajstić information content (AvgIpc) is 3.31. The maximum Gasteiger partial charge on any atom is 0.289 e. The zero-order valence-electron chi connectivity index (χ0n) is 16.5. The van der Waals surface area contributed by atoms with Crippen LogP contribution in [0.3, 0.4) is 0 Å². The SMILES string of the molecule is CCNC(=NCCNC(=O)c1cccnc1)N1CCN(C(=O)c2ccco2)CC1. The van der Waals surface area contributed by atoms with E-state index in [4.69, 9.17) is 4.42 Å². The summed E-state index contributed by atoms with van der Waals surface area (Å²) in [5.41, 5.74) is 0.528. The van der Waals surface area contributed by atoms with Crippen LogP contribution in [0.2, 0.25) is 0 Å². The van der Waals surface area contributed by atoms with Gasteiger partial charge in [0.2, 0.25) is 0 Å². The summed E-state index contributed by atoms with van der Waals surface area (Å²) in [4.78, 5) is 36.9. The van der Waals surface area contributed by atoms with Gasteiger partial charge in [0.15, 0.2) is 11.7 Å². The molecule has 3 heterocycles. The first-order valence-electron chi connectivity index (χ1n) is 9.73. The molecule has 0 atom stereocenters. The third kappa shape index (κ3) is 5.56. The third-order valence-electron chi connectivity index (χ3n) is 4.52. The van der Waals surface area contributed by atoms with Crippen molar-refractivity contribution in [1.29, 1.82) is 0 Å². The van der Waals surface area contributed by atoms with Crippen LogP contribution in [-0.4, -0.2) is 78.4 Å². The van der Waals surface area contributed by atoms with Crippen molar-refractivity contribution in [3.63, 3.8) is 0 Å². The maximum atomic E-state index is 12.4. The smallest absolute Gasteiger partial charge is 0.289 e. The van der Waals surface area contributed by atoms with E-state index in [9.17, 15) is 9.59 Å². The molecule has 1 aliphatic heterocycles. The summed E-state index contributed by atoms with van der Waals surface area (Å²) in [5, 5.41) is 6.12. The first-order valence-corrected chi connectivity index (χ1v) is 9.73. The lowest BCUT2D eigenvalue weighted by atomic mass is 10.3. The lowest BCUT2D eigenvalue weighted by Gasteiger charge is -2.36. The second-order valence-electron chi connectivity index (χ2n) is 6.49. The topological polar surface area (TPSA) is 103 Å². The monoisotopic (exact) mass is 398 g/mol. The molecule has 0 radical (unpaired) electrons. The molecule has 0 aromatic carbocycles. The highest BCUT2D eigenvalue weighted by Crippen LogP contribution is 2.09. The first kappa shape index (κ1) is 20.4. The van der Waals surface area contributed by atoms with Gasteiger partial charge in [-0.05, 0) is 31.2 Å². The van der Waals surface area contributed by atoms with Crippen molar-refractivity contribution < 1.29 is 14.0 Å². The van der Waals surface area contributed by atoms with Crippen LogP contribution in [0.5, 0.6) is 0 Å². The number of piperazine rings is 1. The molecule has 0 saturated carbocycles. The van der Waals surface area contributed by atoms with Crippen LogP contribution in [0.4, 0.5) is 0 Å². The zero-order valence-corrected chi connectivity index (χ0v) is 16.5. The summed E-state index contributed by atoms with van der Waals surface area (Å²) in [6.45, 7) is 6.20. The number of pyridine rings is 1. The fourth-order valence-electron chi connectivity index (χ4n) is 3.03. The summed E-state index contributed by atoms with van der Waals surface area (Å²) < 4.78 is 5.20. The number of hydrogen-bond acceptors (Lipinski definition) is 5. The molecule has 0 spiro atoms. The minimum atomic E-state index is -0.164. The molecular weight excluding hydrogens is 372 g/mol. The number of rotatable bonds is 6. The van der Waals surface area contributed by atoms with Crippen molar-refractivity contribution in [2.75, 3.05) is 45.8 Å². The molecule has 2 aromatic rings. The quantitative estimate of drug-likeness (QED) is 0.424. The number of nitrogens with zero attached hydrogens (tertiary/aromatic N) is 4. The molecule has 2 amide bonds. The van der Waals surface area contributed by atoms with Crippen LogP contribution in [0.1, 0.15) is 27.8 Å². The Bertz CT molecular complexity index is 814. The lowest BCUT2D eigenvalue weighted by Crippen LogP contribution is -2.53. The van der Waals surface area contributed by atoms with Crippen molar-refractivity contribution in [2.45, 2.75) is 6.92 Å². The normalized spacial score (nSPS) is 14.6. The summed E-state index contributed by atoms with van der Waals surface area (Å²) in [6, 6.07) is 6.85. The average molecular weight is 398 g/mol. The highest BCUT2D eigenvalue weighted by Gasteiger charge is 2.25. The Labute approximate surface area is 169 Å². The van der Waals surface area contributed by atoms with Gasteiger partial charge in [0.1, 0.15) is 0 Å². The highest BCUT2D eigenvalue weighted by atomic mass is 16.3. The summed E-state index contributed by atoms with van der Waals surface area (Å²) in [6.07, 6.45) is 4.67. The molecular formula is C20H26N6O3. The van der Waals surface area contributed by atoms with E-state index in [0.717, 1.165) is 12.5 Å². The number of amides is 2. The van der Waals surface area contributed by atoms with Crippen LogP contribution >= 0.6 is 0 Å². The molecule has 29 heavy (non-hydrogen) atoms. The van der Waals surface area contributed by atoms with Gasteiger partial charge < -0.3 is 24.9 Å². The number of guanidine groups is 1. The van der Waals surface area contributed by atoms with Gasteiger partial charge >= 0.3 is 0 Å². The standard InChI is InChI=1S/C20H26N6O3/c1-2-22-20(24-9-8-23-18(27)16-5-3-7-21-15-16)26-12-10-25(11-13-26)19(28)17-6-4-14-29-17/h3-7,14-15H,2,8-13H2,1H3,(H,22,24)(H,23,27). The van der Waals surface area contributed by atoms with Crippen molar-refractivity contribution in [3.05, 3.63) is 54.2 Å². The number of nitrogens with one attached hydrogen (secondary N) is 2. The van der Waals surface area contributed by atoms with E-state index >= 15 is 0 Å². The molecule has 2 aromatic heterocycles. The van der Waals surface area contributed by atoms with Gasteiger partial charge in [-0.25, -0.2) is 0 Å². The number of aliphatic imine (C=N–C) groups is 1. The minimum Gasteiger partial charge on any atom is -0.459 e. The zero-order chi connectivity index (χ0) is 20.5. The number of furan rings is 1. The molecule has 0 unspecified atom stereocenters. The van der Waals surface area contributed by atoms with Crippen molar-refractivity contribution in [3.8, 4) is 0 Å². The minimum absolute atomic E-state index is 0.0882. The van der Waals surface area contributed by atoms with E-state index in [1.54, 1.807) is 35.4 Å². The number of carbonyl (C=O) groups is 2. The summed E-state index contributed by atoms with van der Waals surface area (Å²) in [5.74, 6) is 0.898. The Hall–Kier alpha value is -3.36. The first-order chi connectivity index (χ1) is 14.2. The van der Waals surface area contributed by atoms with E-state index in [-0.39, 0.29) is 11.8 Å². The van der Waals surface area contributed by atoms with Gasteiger partial charge in [0, 0.05) is 51.7 Å². The number of hydrogen-bond donors (Lipinski definition) is 2. The van der Waals surface area contributed by atoms with Crippen LogP contribution in [0.25, 0.3) is 0 Å². The Morgan fingerprint density at radius 3 is 2.59 bits per heavy atom. The summed E-state index contributed by atoms with van der Waals surface area (Å²) in [7, 11) is 0. The second kappa shape index (κ2) is 10.3. The van der Waals surface area contributed by atoms with Gasteiger partial charge in [-0.15, -0.1) is 0 Å². The fraction of sp³-hybridized carbons (Fsp3) is 0.400. The van der Waals surface area contributed by atoms with E-state index in [1.807, 2.05) is 6.92 Å². The number of aromatic nitrogens is 1. The fourth-order valence-corrected chi connectivity index (χ4v) is 3.03. The molecule has 1 saturated heterocycles. The van der Waals surface area contributed by atoms with Crippen LogP contribution in [0.15, 0.2) is 52.3 Å². The van der Waals surface area contributed by atoms with Gasteiger partial charge in [0.05, 0.1) is 18.4 Å². The highest BCUT2D eigenvalue weighted by molar-refractivity contribution is 5.93. The largest absolute Gasteiger partial charge is 0.459 e. The Kier molecular flexibility index (Phi) is 7.21. The van der Waals surface area contributed by atoms with E-state index < -0.39 is 0 Å². The van der Waals surface area contributed by atoms with Crippen molar-refractivity contribution >= 4 is 17.8 Å². The molecule has 3 rings (SSSR count). The van der Waals surface area contributed by atoms with E-state index in [2.05, 4.69) is 25.5 Å². The molecule has 1 fully saturated rings. The van der Waals surface area contributed by atoms with Crippen molar-refractivity contribution in [2.24, 2.45) is 4.99 Å². The van der Waals surface area contributed by atoms with E-state index in [0.29, 0.717) is 50.6 Å². The van der Waals surface area contributed by atoms with Gasteiger partial charge in [-0.2, -0.15) is 0 Å². The molecule has 9 heteroatoms. The molecule has 154 valence electrons. The maximum absolute atomic E-state index is 12.4. The van der Waals surface area contributed by atoms with Crippen LogP contribution < -0.4 is 10.6 Å².